The predicted molar refractivity (Wildman–Crippen MR) is 54.7 cm³/mol. The van der Waals surface area contributed by atoms with Gasteiger partial charge in [0, 0.05) is 18.9 Å². The molecule has 0 spiro atoms. The number of nitrogens with zero attached hydrogens (tertiary/aromatic N) is 2. The van der Waals surface area contributed by atoms with Gasteiger partial charge in [-0.15, -0.1) is 0 Å². The minimum Gasteiger partial charge on any atom is -0.394 e. The van der Waals surface area contributed by atoms with Crippen LogP contribution in [-0.4, -0.2) is 21.3 Å². The topological polar surface area (TPSA) is 64.1 Å². The van der Waals surface area contributed by atoms with E-state index in [1.807, 2.05) is 29.8 Å². The van der Waals surface area contributed by atoms with Crippen LogP contribution in [0.4, 0.5) is 0 Å². The molecule has 1 atom stereocenters. The van der Waals surface area contributed by atoms with Gasteiger partial charge in [0.15, 0.2) is 0 Å². The van der Waals surface area contributed by atoms with Crippen molar-refractivity contribution in [1.29, 1.82) is 0 Å². The van der Waals surface area contributed by atoms with E-state index in [1.165, 1.54) is 0 Å². The van der Waals surface area contributed by atoms with Crippen molar-refractivity contribution in [2.24, 2.45) is 12.8 Å². The molecule has 1 unspecified atom stereocenters. The van der Waals surface area contributed by atoms with E-state index >= 15 is 0 Å². The molecule has 4 heteroatoms. The fourth-order valence-electron chi connectivity index (χ4n) is 1.63. The smallest absolute Gasteiger partial charge is 0.0884 e. The van der Waals surface area contributed by atoms with E-state index < -0.39 is 0 Å². The second kappa shape index (κ2) is 3.40. The van der Waals surface area contributed by atoms with Crippen LogP contribution in [0.2, 0.25) is 0 Å². The lowest BCUT2D eigenvalue weighted by Crippen LogP contribution is -2.17. The number of aliphatic hydroxyl groups excluding tert-OH is 1. The third kappa shape index (κ3) is 1.29. The number of aromatic nitrogens is 2. The van der Waals surface area contributed by atoms with E-state index in [4.69, 9.17) is 10.8 Å². The first-order valence-electron chi connectivity index (χ1n) is 4.51. The maximum Gasteiger partial charge on any atom is 0.0884 e. The summed E-state index contributed by atoms with van der Waals surface area (Å²) in [5, 5.41) is 8.98. The summed E-state index contributed by atoms with van der Waals surface area (Å²) < 4.78 is 1.96. The fraction of sp³-hybridized carbons (Fsp3) is 0.300. The van der Waals surface area contributed by atoms with Crippen LogP contribution in [0.5, 0.6) is 0 Å². The average Bonchev–Trinajstić information content (AvgIpc) is 2.56. The monoisotopic (exact) mass is 191 g/mol. The zero-order valence-electron chi connectivity index (χ0n) is 8.01. The van der Waals surface area contributed by atoms with E-state index in [2.05, 4.69) is 4.98 Å². The van der Waals surface area contributed by atoms with Crippen LogP contribution in [-0.2, 0) is 7.05 Å². The largest absolute Gasteiger partial charge is 0.394 e. The number of nitrogens with two attached hydrogens (primary N) is 1. The minimum atomic E-state index is -0.339. The van der Waals surface area contributed by atoms with Crippen molar-refractivity contribution < 1.29 is 5.11 Å². The van der Waals surface area contributed by atoms with Crippen molar-refractivity contribution in [2.75, 3.05) is 6.61 Å². The first-order valence-corrected chi connectivity index (χ1v) is 4.51. The third-order valence-corrected chi connectivity index (χ3v) is 2.43. The van der Waals surface area contributed by atoms with Crippen molar-refractivity contribution in [3.05, 3.63) is 30.1 Å². The lowest BCUT2D eigenvalue weighted by Gasteiger charge is -2.09. The van der Waals surface area contributed by atoms with Crippen molar-refractivity contribution in [1.82, 2.24) is 9.55 Å². The number of pyridine rings is 1. The van der Waals surface area contributed by atoms with Gasteiger partial charge in [0.1, 0.15) is 0 Å². The quantitative estimate of drug-likeness (QED) is 0.729. The molecule has 0 saturated heterocycles. The van der Waals surface area contributed by atoms with Crippen LogP contribution >= 0.6 is 0 Å². The Bertz CT molecular complexity index is 450. The molecule has 0 amide bonds. The maximum absolute atomic E-state index is 8.98. The Labute approximate surface area is 82.0 Å². The van der Waals surface area contributed by atoms with Crippen molar-refractivity contribution in [3.8, 4) is 0 Å². The lowest BCUT2D eigenvalue weighted by molar-refractivity contribution is 0.264. The molecular formula is C10H13N3O. The highest BCUT2D eigenvalue weighted by molar-refractivity contribution is 5.76. The SMILES string of the molecule is Cn1c(C(N)CO)cc2ncccc21. The summed E-state index contributed by atoms with van der Waals surface area (Å²) in [6.07, 6.45) is 1.75. The number of aryl methyl sites for hydroxylation is 1. The summed E-state index contributed by atoms with van der Waals surface area (Å²) in [5.74, 6) is 0. The number of hydrogen-bond acceptors (Lipinski definition) is 3. The average molecular weight is 191 g/mol. The molecule has 0 radical (unpaired) electrons. The molecule has 3 N–H and O–H groups in total. The third-order valence-electron chi connectivity index (χ3n) is 2.43. The molecule has 0 saturated carbocycles. The van der Waals surface area contributed by atoms with Gasteiger partial charge in [0.05, 0.1) is 23.7 Å². The highest BCUT2D eigenvalue weighted by Crippen LogP contribution is 2.19. The predicted octanol–water partition coefficient (Wildman–Crippen LogP) is 0.565. The molecule has 2 aromatic rings. The summed E-state index contributed by atoms with van der Waals surface area (Å²) >= 11 is 0. The van der Waals surface area contributed by atoms with Gasteiger partial charge in [-0.25, -0.2) is 0 Å². The summed E-state index contributed by atoms with van der Waals surface area (Å²) in [7, 11) is 1.93. The van der Waals surface area contributed by atoms with Crippen LogP contribution in [0, 0.1) is 0 Å². The molecule has 2 heterocycles. The van der Waals surface area contributed by atoms with Gasteiger partial charge in [-0.05, 0) is 18.2 Å². The summed E-state index contributed by atoms with van der Waals surface area (Å²) in [6.45, 7) is -0.0514. The lowest BCUT2D eigenvalue weighted by atomic mass is 10.2. The minimum absolute atomic E-state index is 0.0514. The second-order valence-corrected chi connectivity index (χ2v) is 3.33. The van der Waals surface area contributed by atoms with Crippen molar-refractivity contribution >= 4 is 11.0 Å². The molecule has 0 bridgehead atoms. The molecule has 0 fully saturated rings. The first kappa shape index (κ1) is 9.18. The molecule has 14 heavy (non-hydrogen) atoms. The zero-order chi connectivity index (χ0) is 10.1. The number of fused-ring (bicyclic) bond motifs is 1. The molecular weight excluding hydrogens is 178 g/mol. The van der Waals surface area contributed by atoms with E-state index in [9.17, 15) is 0 Å². The standard InChI is InChI=1S/C10H13N3O/c1-13-9-3-2-4-12-8(9)5-10(13)7(11)6-14/h2-5,7,14H,6,11H2,1H3. The van der Waals surface area contributed by atoms with E-state index in [-0.39, 0.29) is 12.6 Å². The number of rotatable bonds is 2. The Morgan fingerprint density at radius 3 is 3.07 bits per heavy atom. The highest BCUT2D eigenvalue weighted by Gasteiger charge is 2.11. The first-order chi connectivity index (χ1) is 6.74. The Morgan fingerprint density at radius 1 is 1.64 bits per heavy atom. The van der Waals surface area contributed by atoms with E-state index in [0.29, 0.717) is 0 Å². The highest BCUT2D eigenvalue weighted by atomic mass is 16.3. The normalized spacial score (nSPS) is 13.4. The van der Waals surface area contributed by atoms with Crippen LogP contribution < -0.4 is 5.73 Å². The van der Waals surface area contributed by atoms with Gasteiger partial charge in [-0.3, -0.25) is 4.98 Å². The van der Waals surface area contributed by atoms with Crippen LogP contribution in [0.15, 0.2) is 24.4 Å². The Balaban J connectivity index is 2.62. The van der Waals surface area contributed by atoms with Gasteiger partial charge in [0.25, 0.3) is 0 Å². The molecule has 0 aliphatic heterocycles. The molecule has 74 valence electrons. The number of hydrogen-bond donors (Lipinski definition) is 2. The second-order valence-electron chi connectivity index (χ2n) is 3.33. The van der Waals surface area contributed by atoms with Crippen molar-refractivity contribution in [2.45, 2.75) is 6.04 Å². The van der Waals surface area contributed by atoms with Crippen LogP contribution in [0.3, 0.4) is 0 Å². The molecule has 0 aliphatic carbocycles. The molecule has 2 aromatic heterocycles. The summed E-state index contributed by atoms with van der Waals surface area (Å²) in [6, 6.07) is 5.44. The van der Waals surface area contributed by atoms with Gasteiger partial charge >= 0.3 is 0 Å². The Morgan fingerprint density at radius 2 is 2.43 bits per heavy atom. The van der Waals surface area contributed by atoms with E-state index in [0.717, 1.165) is 16.7 Å². The maximum atomic E-state index is 8.98. The van der Waals surface area contributed by atoms with Gasteiger partial charge in [-0.1, -0.05) is 0 Å². The fourth-order valence-corrected chi connectivity index (χ4v) is 1.63. The molecule has 4 nitrogen and oxygen atoms in total. The Hall–Kier alpha value is -1.39. The van der Waals surface area contributed by atoms with Crippen LogP contribution in [0.1, 0.15) is 11.7 Å². The van der Waals surface area contributed by atoms with E-state index in [1.54, 1.807) is 6.20 Å². The molecule has 2 rings (SSSR count). The zero-order valence-corrected chi connectivity index (χ0v) is 8.01. The summed E-state index contributed by atoms with van der Waals surface area (Å²) in [4.78, 5) is 4.22. The van der Waals surface area contributed by atoms with Crippen LogP contribution in [0.25, 0.3) is 11.0 Å². The Kier molecular flexibility index (Phi) is 2.23. The van der Waals surface area contributed by atoms with Gasteiger partial charge < -0.3 is 15.4 Å². The van der Waals surface area contributed by atoms with Gasteiger partial charge in [0.2, 0.25) is 0 Å². The summed E-state index contributed by atoms with van der Waals surface area (Å²) in [5.41, 5.74) is 8.61. The van der Waals surface area contributed by atoms with Gasteiger partial charge in [-0.2, -0.15) is 0 Å². The number of aliphatic hydroxyl groups is 1. The molecule has 0 aromatic carbocycles. The van der Waals surface area contributed by atoms with Crippen molar-refractivity contribution in [3.63, 3.8) is 0 Å². The molecule has 0 aliphatic rings.